The van der Waals surface area contributed by atoms with E-state index in [2.05, 4.69) is 5.32 Å². The fourth-order valence-corrected chi connectivity index (χ4v) is 3.26. The minimum Gasteiger partial charge on any atom is -0.462 e. The van der Waals surface area contributed by atoms with Crippen LogP contribution in [0.25, 0.3) is 0 Å². The van der Waals surface area contributed by atoms with Crippen LogP contribution in [0.15, 0.2) is 54.6 Å². The van der Waals surface area contributed by atoms with Crippen LogP contribution in [0.5, 0.6) is 0 Å². The number of morpholine rings is 1. The summed E-state index contributed by atoms with van der Waals surface area (Å²) in [4.78, 5) is 38.8. The Labute approximate surface area is 182 Å². The second-order valence-electron chi connectivity index (χ2n) is 7.42. The number of benzene rings is 2. The number of esters is 1. The molecule has 0 aromatic heterocycles. The van der Waals surface area contributed by atoms with Crippen molar-refractivity contribution in [1.82, 2.24) is 4.90 Å². The van der Waals surface area contributed by atoms with E-state index in [9.17, 15) is 14.4 Å². The van der Waals surface area contributed by atoms with Gasteiger partial charge in [-0.15, -0.1) is 0 Å². The normalized spacial score (nSPS) is 16.1. The third-order valence-electron chi connectivity index (χ3n) is 4.99. The molecule has 7 nitrogen and oxygen atoms in total. The van der Waals surface area contributed by atoms with Crippen molar-refractivity contribution in [2.45, 2.75) is 38.8 Å². The van der Waals surface area contributed by atoms with Gasteiger partial charge in [-0.05, 0) is 36.2 Å². The third kappa shape index (κ3) is 6.65. The second kappa shape index (κ2) is 11.3. The molecule has 1 aliphatic rings. The van der Waals surface area contributed by atoms with Crippen molar-refractivity contribution in [3.05, 3.63) is 65.7 Å². The topological polar surface area (TPSA) is 84.9 Å². The van der Waals surface area contributed by atoms with Gasteiger partial charge < -0.3 is 19.7 Å². The number of hydrogen-bond acceptors (Lipinski definition) is 5. The van der Waals surface area contributed by atoms with Crippen LogP contribution < -0.4 is 5.32 Å². The molecule has 1 fully saturated rings. The Morgan fingerprint density at radius 1 is 1.13 bits per heavy atom. The van der Waals surface area contributed by atoms with Gasteiger partial charge in [0.25, 0.3) is 5.91 Å². The maximum atomic E-state index is 12.7. The van der Waals surface area contributed by atoms with Crippen LogP contribution in [0.4, 0.5) is 5.69 Å². The van der Waals surface area contributed by atoms with Crippen LogP contribution in [0.3, 0.4) is 0 Å². The highest BCUT2D eigenvalue weighted by atomic mass is 16.5. The molecule has 3 rings (SSSR count). The van der Waals surface area contributed by atoms with E-state index >= 15 is 0 Å². The molecule has 2 aromatic rings. The summed E-state index contributed by atoms with van der Waals surface area (Å²) in [6.45, 7) is 3.81. The molecular weight excluding hydrogens is 396 g/mol. The van der Waals surface area contributed by atoms with Crippen molar-refractivity contribution in [3.8, 4) is 0 Å². The highest BCUT2D eigenvalue weighted by Gasteiger charge is 2.31. The van der Waals surface area contributed by atoms with Crippen molar-refractivity contribution >= 4 is 23.5 Å². The van der Waals surface area contributed by atoms with Crippen LogP contribution in [-0.4, -0.2) is 48.5 Å². The van der Waals surface area contributed by atoms with E-state index in [0.717, 1.165) is 18.4 Å². The lowest BCUT2D eigenvalue weighted by molar-refractivity contribution is -0.155. The monoisotopic (exact) mass is 424 g/mol. The Kier molecular flexibility index (Phi) is 8.18. The molecule has 1 atom stereocenters. The molecule has 31 heavy (non-hydrogen) atoms. The number of carbonyl (C=O) groups excluding carboxylic acids is 3. The SMILES string of the molecule is CCCCOC(=O)c1ccc(NC(=O)C[C@@H]2OCCN(Cc3ccccc3)C2=O)cc1. The molecule has 7 heteroatoms. The molecule has 1 N–H and O–H groups in total. The van der Waals surface area contributed by atoms with Gasteiger partial charge in [0, 0.05) is 18.8 Å². The van der Waals surface area contributed by atoms with E-state index in [1.165, 1.54) is 0 Å². The number of hydrogen-bond donors (Lipinski definition) is 1. The Morgan fingerprint density at radius 3 is 2.58 bits per heavy atom. The molecular formula is C24H28N2O5. The highest BCUT2D eigenvalue weighted by Crippen LogP contribution is 2.16. The van der Waals surface area contributed by atoms with Gasteiger partial charge in [-0.1, -0.05) is 43.7 Å². The lowest BCUT2D eigenvalue weighted by atomic mass is 10.1. The maximum absolute atomic E-state index is 12.7. The zero-order valence-electron chi connectivity index (χ0n) is 17.7. The number of anilines is 1. The smallest absolute Gasteiger partial charge is 0.338 e. The second-order valence-corrected chi connectivity index (χ2v) is 7.42. The molecule has 2 amide bonds. The van der Waals surface area contributed by atoms with Gasteiger partial charge in [-0.3, -0.25) is 9.59 Å². The van der Waals surface area contributed by atoms with Gasteiger partial charge in [0.1, 0.15) is 6.10 Å². The molecule has 1 saturated heterocycles. The predicted octanol–water partition coefficient (Wildman–Crippen LogP) is 3.40. The number of ether oxygens (including phenoxy) is 2. The summed E-state index contributed by atoms with van der Waals surface area (Å²) in [6, 6.07) is 16.2. The van der Waals surface area contributed by atoms with E-state index in [1.807, 2.05) is 37.3 Å². The number of nitrogens with one attached hydrogen (secondary N) is 1. The molecule has 2 aromatic carbocycles. The first-order valence-corrected chi connectivity index (χ1v) is 10.6. The number of rotatable bonds is 9. The van der Waals surface area contributed by atoms with Crippen LogP contribution in [0, 0.1) is 0 Å². The number of amides is 2. The molecule has 164 valence electrons. The van der Waals surface area contributed by atoms with E-state index in [1.54, 1.807) is 29.2 Å². The quantitative estimate of drug-likeness (QED) is 0.493. The molecule has 0 saturated carbocycles. The highest BCUT2D eigenvalue weighted by molar-refractivity contribution is 5.96. The molecule has 0 aliphatic carbocycles. The van der Waals surface area contributed by atoms with Crippen molar-refractivity contribution in [3.63, 3.8) is 0 Å². The Balaban J connectivity index is 1.50. The minimum absolute atomic E-state index is 0.0645. The fourth-order valence-electron chi connectivity index (χ4n) is 3.26. The van der Waals surface area contributed by atoms with Gasteiger partial charge in [-0.25, -0.2) is 4.79 Å². The first kappa shape index (κ1) is 22.5. The van der Waals surface area contributed by atoms with Gasteiger partial charge in [0.15, 0.2) is 0 Å². The van der Waals surface area contributed by atoms with Crippen LogP contribution >= 0.6 is 0 Å². The molecule has 0 spiro atoms. The summed E-state index contributed by atoms with van der Waals surface area (Å²) in [5.74, 6) is -0.889. The number of nitrogens with zero attached hydrogens (tertiary/aromatic N) is 1. The van der Waals surface area contributed by atoms with Gasteiger partial charge in [0.2, 0.25) is 5.91 Å². The van der Waals surface area contributed by atoms with Crippen molar-refractivity contribution in [1.29, 1.82) is 0 Å². The van der Waals surface area contributed by atoms with Crippen molar-refractivity contribution in [2.75, 3.05) is 25.1 Å². The van der Waals surface area contributed by atoms with Crippen molar-refractivity contribution in [2.24, 2.45) is 0 Å². The Hall–Kier alpha value is -3.19. The summed E-state index contributed by atoms with van der Waals surface area (Å²) in [7, 11) is 0. The summed E-state index contributed by atoms with van der Waals surface area (Å²) >= 11 is 0. The van der Waals surface area contributed by atoms with Crippen molar-refractivity contribution < 1.29 is 23.9 Å². The Morgan fingerprint density at radius 2 is 1.87 bits per heavy atom. The zero-order chi connectivity index (χ0) is 22.1. The standard InChI is InChI=1S/C24H28N2O5/c1-2-3-14-31-24(29)19-9-11-20(12-10-19)25-22(27)16-21-23(28)26(13-15-30-21)17-18-7-5-4-6-8-18/h4-12,21H,2-3,13-17H2,1H3,(H,25,27)/t21-/m0/s1. The average Bonchev–Trinajstić information content (AvgIpc) is 2.78. The fraction of sp³-hybridized carbons (Fsp3) is 0.375. The molecule has 0 bridgehead atoms. The first-order chi connectivity index (χ1) is 15.1. The Bertz CT molecular complexity index is 883. The summed E-state index contributed by atoms with van der Waals surface area (Å²) in [6.07, 6.45) is 0.913. The summed E-state index contributed by atoms with van der Waals surface area (Å²) in [5.41, 5.74) is 2.00. The molecule has 0 radical (unpaired) electrons. The maximum Gasteiger partial charge on any atom is 0.338 e. The predicted molar refractivity (Wildman–Crippen MR) is 116 cm³/mol. The lowest BCUT2D eigenvalue weighted by Crippen LogP contribution is -2.48. The summed E-state index contributed by atoms with van der Waals surface area (Å²) in [5, 5.41) is 2.75. The van der Waals surface area contributed by atoms with Crippen LogP contribution in [0.1, 0.15) is 42.1 Å². The van der Waals surface area contributed by atoms with E-state index in [4.69, 9.17) is 9.47 Å². The number of carbonyl (C=O) groups is 3. The third-order valence-corrected chi connectivity index (χ3v) is 4.99. The van der Waals surface area contributed by atoms with E-state index in [0.29, 0.717) is 37.6 Å². The van der Waals surface area contributed by atoms with Crippen LogP contribution in [-0.2, 0) is 25.6 Å². The van der Waals surface area contributed by atoms with Gasteiger partial charge in [0.05, 0.1) is 25.2 Å². The van der Waals surface area contributed by atoms with E-state index in [-0.39, 0.29) is 24.2 Å². The number of unbranched alkanes of at least 4 members (excludes halogenated alkanes) is 1. The molecule has 0 unspecified atom stereocenters. The van der Waals surface area contributed by atoms with Crippen LogP contribution in [0.2, 0.25) is 0 Å². The molecule has 1 aliphatic heterocycles. The first-order valence-electron chi connectivity index (χ1n) is 10.6. The lowest BCUT2D eigenvalue weighted by Gasteiger charge is -2.32. The molecule has 1 heterocycles. The summed E-state index contributed by atoms with van der Waals surface area (Å²) < 4.78 is 10.7. The minimum atomic E-state index is -0.801. The van der Waals surface area contributed by atoms with Gasteiger partial charge >= 0.3 is 5.97 Å². The average molecular weight is 424 g/mol. The van der Waals surface area contributed by atoms with Gasteiger partial charge in [-0.2, -0.15) is 0 Å². The zero-order valence-corrected chi connectivity index (χ0v) is 17.7. The largest absolute Gasteiger partial charge is 0.462 e. The van der Waals surface area contributed by atoms with E-state index < -0.39 is 6.10 Å².